The highest BCUT2D eigenvalue weighted by molar-refractivity contribution is 7.89. The summed E-state index contributed by atoms with van der Waals surface area (Å²) >= 11 is 0. The van der Waals surface area contributed by atoms with Crippen LogP contribution in [0.2, 0.25) is 0 Å². The number of nitrogens with one attached hydrogen (secondary N) is 1. The van der Waals surface area contributed by atoms with E-state index in [1.165, 1.54) is 10.7 Å². The van der Waals surface area contributed by atoms with Crippen molar-refractivity contribution in [2.75, 3.05) is 26.7 Å². The van der Waals surface area contributed by atoms with E-state index in [-0.39, 0.29) is 48.3 Å². The largest absolute Gasteiger partial charge is 0.487 e. The Kier molecular flexibility index (Phi) is 8.71. The quantitative estimate of drug-likeness (QED) is 0.591. The second kappa shape index (κ2) is 11.8. The molecule has 3 atom stereocenters. The molecule has 37 heavy (non-hydrogen) atoms. The Hall–Kier alpha value is -2.69. The number of hydrogen-bond acceptors (Lipinski definition) is 6. The Morgan fingerprint density at radius 2 is 2.00 bits per heavy atom. The van der Waals surface area contributed by atoms with Gasteiger partial charge in [0.25, 0.3) is 0 Å². The predicted octanol–water partition coefficient (Wildman–Crippen LogP) is 3.49. The van der Waals surface area contributed by atoms with Crippen LogP contribution in [0, 0.1) is 5.92 Å². The summed E-state index contributed by atoms with van der Waals surface area (Å²) in [6.07, 6.45) is 8.37. The SMILES string of the molecule is C[C@@H]1CN([C@H](C)CO)S(=O)(=O)c2ccc(-c3cccnc3)cc2O[C@H]1CN(C)C(=O)NC1CCCCC1. The zero-order valence-electron chi connectivity index (χ0n) is 21.8. The number of carbonyl (C=O) groups is 1. The third-order valence-corrected chi connectivity index (χ3v) is 9.41. The van der Waals surface area contributed by atoms with Crippen molar-refractivity contribution in [3.8, 4) is 16.9 Å². The van der Waals surface area contributed by atoms with Crippen LogP contribution in [0.5, 0.6) is 5.75 Å². The molecule has 202 valence electrons. The summed E-state index contributed by atoms with van der Waals surface area (Å²) in [5, 5.41) is 13.0. The van der Waals surface area contributed by atoms with Gasteiger partial charge < -0.3 is 20.1 Å². The number of amides is 2. The lowest BCUT2D eigenvalue weighted by atomic mass is 9.96. The minimum atomic E-state index is -3.93. The van der Waals surface area contributed by atoms with Gasteiger partial charge in [-0.2, -0.15) is 4.31 Å². The number of rotatable bonds is 6. The van der Waals surface area contributed by atoms with Crippen molar-refractivity contribution in [2.45, 2.75) is 69.0 Å². The third kappa shape index (κ3) is 6.25. The second-order valence-corrected chi connectivity index (χ2v) is 12.2. The average Bonchev–Trinajstić information content (AvgIpc) is 2.91. The maximum Gasteiger partial charge on any atom is 0.317 e. The van der Waals surface area contributed by atoms with E-state index in [0.717, 1.165) is 36.8 Å². The van der Waals surface area contributed by atoms with Crippen LogP contribution >= 0.6 is 0 Å². The van der Waals surface area contributed by atoms with E-state index < -0.39 is 22.2 Å². The van der Waals surface area contributed by atoms with Gasteiger partial charge in [0.15, 0.2) is 0 Å². The van der Waals surface area contributed by atoms with Gasteiger partial charge in [-0.25, -0.2) is 13.2 Å². The number of benzene rings is 1. The molecule has 2 aromatic rings. The molecule has 9 nitrogen and oxygen atoms in total. The van der Waals surface area contributed by atoms with Crippen molar-refractivity contribution >= 4 is 16.1 Å². The third-order valence-electron chi connectivity index (χ3n) is 7.40. The van der Waals surface area contributed by atoms with E-state index >= 15 is 0 Å². The van der Waals surface area contributed by atoms with E-state index in [0.29, 0.717) is 0 Å². The molecule has 2 N–H and O–H groups in total. The van der Waals surface area contributed by atoms with Gasteiger partial charge in [-0.3, -0.25) is 4.98 Å². The highest BCUT2D eigenvalue weighted by Gasteiger charge is 2.38. The Labute approximate surface area is 219 Å². The number of fused-ring (bicyclic) bond motifs is 1. The highest BCUT2D eigenvalue weighted by Crippen LogP contribution is 2.36. The molecule has 2 heterocycles. The lowest BCUT2D eigenvalue weighted by molar-refractivity contribution is 0.0806. The van der Waals surface area contributed by atoms with E-state index in [2.05, 4.69) is 10.3 Å². The number of aliphatic hydroxyl groups is 1. The first-order valence-electron chi connectivity index (χ1n) is 13.1. The molecular formula is C27H38N4O5S. The zero-order chi connectivity index (χ0) is 26.6. The van der Waals surface area contributed by atoms with Crippen LogP contribution in [0.1, 0.15) is 46.0 Å². The number of aliphatic hydroxyl groups excluding tert-OH is 1. The van der Waals surface area contributed by atoms with Crippen molar-refractivity contribution in [3.63, 3.8) is 0 Å². The second-order valence-electron chi connectivity index (χ2n) is 10.3. The van der Waals surface area contributed by atoms with E-state index in [4.69, 9.17) is 4.74 Å². The molecule has 0 saturated heterocycles. The summed E-state index contributed by atoms with van der Waals surface area (Å²) in [5.74, 6) is -0.0157. The molecule has 1 aliphatic heterocycles. The van der Waals surface area contributed by atoms with Gasteiger partial charge in [-0.1, -0.05) is 38.3 Å². The van der Waals surface area contributed by atoms with Gasteiger partial charge in [0, 0.05) is 49.6 Å². The summed E-state index contributed by atoms with van der Waals surface area (Å²) in [6, 6.07) is 8.16. The fourth-order valence-corrected chi connectivity index (χ4v) is 6.87. The van der Waals surface area contributed by atoms with Crippen molar-refractivity contribution < 1.29 is 23.1 Å². The van der Waals surface area contributed by atoms with E-state index in [1.807, 2.05) is 19.1 Å². The zero-order valence-corrected chi connectivity index (χ0v) is 22.7. The summed E-state index contributed by atoms with van der Waals surface area (Å²) < 4.78 is 35.1. The first-order chi connectivity index (χ1) is 17.7. The van der Waals surface area contributed by atoms with Crippen LogP contribution in [0.4, 0.5) is 4.79 Å². The van der Waals surface area contributed by atoms with Crippen LogP contribution in [-0.2, 0) is 10.0 Å². The number of carbonyl (C=O) groups excluding carboxylic acids is 1. The standard InChI is InChI=1S/C27H38N4O5S/c1-19-16-31(20(2)18-32)37(34,35)26-12-11-21(22-8-7-13-28-15-22)14-24(26)36-25(19)17-30(3)27(33)29-23-9-5-4-6-10-23/h7-8,11-15,19-20,23,25,32H,4-6,9-10,16-18H2,1-3H3,(H,29,33)/t19-,20-,25+/m1/s1. The maximum absolute atomic E-state index is 13.7. The first-order valence-corrected chi connectivity index (χ1v) is 14.5. The number of nitrogens with zero attached hydrogens (tertiary/aromatic N) is 3. The van der Waals surface area contributed by atoms with Gasteiger partial charge in [0.2, 0.25) is 10.0 Å². The molecule has 4 rings (SSSR count). The van der Waals surface area contributed by atoms with Crippen LogP contribution in [0.25, 0.3) is 11.1 Å². The summed E-state index contributed by atoms with van der Waals surface area (Å²) in [6.45, 7) is 3.76. The smallest absolute Gasteiger partial charge is 0.317 e. The van der Waals surface area contributed by atoms with E-state index in [1.54, 1.807) is 49.5 Å². The predicted molar refractivity (Wildman–Crippen MR) is 142 cm³/mol. The highest BCUT2D eigenvalue weighted by atomic mass is 32.2. The Balaban J connectivity index is 1.65. The Morgan fingerprint density at radius 1 is 1.24 bits per heavy atom. The van der Waals surface area contributed by atoms with Crippen LogP contribution < -0.4 is 10.1 Å². The Bertz CT molecular complexity index is 1170. The topological polar surface area (TPSA) is 112 Å². The van der Waals surface area contributed by atoms with Gasteiger partial charge in [0.05, 0.1) is 13.2 Å². The summed E-state index contributed by atoms with van der Waals surface area (Å²) in [7, 11) is -2.19. The minimum Gasteiger partial charge on any atom is -0.487 e. The maximum atomic E-state index is 13.7. The molecule has 1 aliphatic carbocycles. The van der Waals surface area contributed by atoms with Crippen LogP contribution in [-0.4, -0.2) is 78.7 Å². The molecule has 1 aromatic heterocycles. The normalized spacial score (nSPS) is 23.1. The summed E-state index contributed by atoms with van der Waals surface area (Å²) in [4.78, 5) is 18.8. The molecule has 0 bridgehead atoms. The van der Waals surface area contributed by atoms with Gasteiger partial charge in [-0.15, -0.1) is 0 Å². The van der Waals surface area contributed by atoms with Crippen molar-refractivity contribution in [2.24, 2.45) is 5.92 Å². The number of sulfonamides is 1. The molecular weight excluding hydrogens is 492 g/mol. The molecule has 1 aromatic carbocycles. The molecule has 0 spiro atoms. The fourth-order valence-electron chi connectivity index (χ4n) is 5.04. The Morgan fingerprint density at radius 3 is 2.68 bits per heavy atom. The molecule has 1 saturated carbocycles. The first kappa shape index (κ1) is 27.3. The minimum absolute atomic E-state index is 0.0478. The molecule has 2 amide bonds. The number of aromatic nitrogens is 1. The van der Waals surface area contributed by atoms with Gasteiger partial charge in [-0.05, 0) is 43.5 Å². The number of urea groups is 1. The van der Waals surface area contributed by atoms with Crippen LogP contribution in [0.15, 0.2) is 47.6 Å². The van der Waals surface area contributed by atoms with Crippen molar-refractivity contribution in [3.05, 3.63) is 42.7 Å². The van der Waals surface area contributed by atoms with Gasteiger partial charge >= 0.3 is 6.03 Å². The van der Waals surface area contributed by atoms with Crippen molar-refractivity contribution in [1.29, 1.82) is 0 Å². The van der Waals surface area contributed by atoms with Gasteiger partial charge in [0.1, 0.15) is 16.7 Å². The molecule has 0 unspecified atom stereocenters. The molecule has 1 fully saturated rings. The van der Waals surface area contributed by atoms with E-state index in [9.17, 15) is 18.3 Å². The number of hydrogen-bond donors (Lipinski definition) is 2. The average molecular weight is 531 g/mol. The number of likely N-dealkylation sites (N-methyl/N-ethyl adjacent to an activating group) is 1. The fraction of sp³-hybridized carbons (Fsp3) is 0.556. The van der Waals surface area contributed by atoms with Crippen molar-refractivity contribution in [1.82, 2.24) is 19.5 Å². The summed E-state index contributed by atoms with van der Waals surface area (Å²) in [5.41, 5.74) is 1.61. The lowest BCUT2D eigenvalue weighted by Crippen LogP contribution is -2.52. The number of ether oxygens (including phenoxy) is 1. The monoisotopic (exact) mass is 530 g/mol. The molecule has 2 aliphatic rings. The number of pyridine rings is 1. The van der Waals surface area contributed by atoms with Crippen LogP contribution in [0.3, 0.4) is 0 Å². The molecule has 0 radical (unpaired) electrons. The molecule has 10 heteroatoms. The lowest BCUT2D eigenvalue weighted by Gasteiger charge is -2.38.